The van der Waals surface area contributed by atoms with Crippen molar-refractivity contribution in [1.29, 1.82) is 0 Å². The minimum atomic E-state index is -0.623. The van der Waals surface area contributed by atoms with Gasteiger partial charge in [0.1, 0.15) is 6.61 Å². The lowest BCUT2D eigenvalue weighted by molar-refractivity contribution is 0.0897. The first-order chi connectivity index (χ1) is 24.8. The number of pyridine rings is 1. The quantitative estimate of drug-likeness (QED) is 0.154. The minimum Gasteiger partial charge on any atom is -0.448 e. The molecule has 8 rings (SSSR count). The first-order valence-corrected chi connectivity index (χ1v) is 17.0. The number of amides is 3. The summed E-state index contributed by atoms with van der Waals surface area (Å²) in [5, 5.41) is 7.40. The standard InChI is InChI=1S/C40H32ClN5O5/c41-33-19-43-34-18-25(15-16-31(33)34)38(48)45-36-21-46(40(50)51-22-32-29-8-3-1-6-27(29)28-7-2-4-9-30(28)32)20-35(36)44-37(47)24-13-11-23(12-14-24)26-10-5-17-42-39(26)49/h1-19,32,35-36,43H,20-22H2,(H,42,49)(H,44,47)(H,45,48)/t35-,36+/m0/s1. The van der Waals surface area contributed by atoms with E-state index < -0.39 is 18.2 Å². The zero-order valence-electron chi connectivity index (χ0n) is 27.2. The molecule has 254 valence electrons. The molecule has 6 aromatic rings. The first-order valence-electron chi connectivity index (χ1n) is 16.6. The Labute approximate surface area is 297 Å². The van der Waals surface area contributed by atoms with E-state index in [2.05, 4.69) is 44.9 Å². The second kappa shape index (κ2) is 13.3. The predicted molar refractivity (Wildman–Crippen MR) is 195 cm³/mol. The largest absolute Gasteiger partial charge is 0.448 e. The van der Waals surface area contributed by atoms with E-state index in [0.717, 1.165) is 27.6 Å². The van der Waals surface area contributed by atoms with E-state index in [9.17, 15) is 19.2 Å². The topological polar surface area (TPSA) is 136 Å². The van der Waals surface area contributed by atoms with Crippen molar-refractivity contribution in [2.75, 3.05) is 19.7 Å². The van der Waals surface area contributed by atoms with Gasteiger partial charge in [0.25, 0.3) is 17.4 Å². The van der Waals surface area contributed by atoms with Crippen molar-refractivity contribution in [2.45, 2.75) is 18.0 Å². The van der Waals surface area contributed by atoms with E-state index in [1.807, 2.05) is 24.3 Å². The van der Waals surface area contributed by atoms with Gasteiger partial charge in [0.05, 0.1) is 17.1 Å². The summed E-state index contributed by atoms with van der Waals surface area (Å²) in [5.74, 6) is -0.857. The third-order valence-corrected chi connectivity index (χ3v) is 10.0. The van der Waals surface area contributed by atoms with Crippen molar-refractivity contribution in [1.82, 2.24) is 25.5 Å². The van der Waals surface area contributed by atoms with Crippen LogP contribution in [0.1, 0.15) is 37.8 Å². The Morgan fingerprint density at radius 2 is 1.35 bits per heavy atom. The van der Waals surface area contributed by atoms with Gasteiger partial charge in [-0.1, -0.05) is 78.3 Å². The number of carbonyl (C=O) groups is 3. The van der Waals surface area contributed by atoms with Crippen molar-refractivity contribution in [3.05, 3.63) is 153 Å². The van der Waals surface area contributed by atoms with Crippen LogP contribution >= 0.6 is 11.6 Å². The number of likely N-dealkylation sites (tertiary alicyclic amines) is 1. The molecule has 4 N–H and O–H groups in total. The molecule has 0 radical (unpaired) electrons. The number of carbonyl (C=O) groups excluding carboxylic acids is 3. The third-order valence-electron chi connectivity index (χ3n) is 9.72. The molecule has 1 saturated heterocycles. The lowest BCUT2D eigenvalue weighted by atomic mass is 9.98. The number of rotatable bonds is 7. The fraction of sp³-hybridized carbons (Fsp3) is 0.150. The van der Waals surface area contributed by atoms with E-state index in [1.54, 1.807) is 67.0 Å². The van der Waals surface area contributed by atoms with Gasteiger partial charge < -0.3 is 30.2 Å². The molecular formula is C40H32ClN5O5. The van der Waals surface area contributed by atoms with E-state index in [1.165, 1.54) is 4.90 Å². The van der Waals surface area contributed by atoms with E-state index in [0.29, 0.717) is 32.8 Å². The monoisotopic (exact) mass is 697 g/mol. The van der Waals surface area contributed by atoms with Crippen LogP contribution in [-0.4, -0.2) is 64.6 Å². The number of benzene rings is 4. The molecule has 0 bridgehead atoms. The number of hydrogen-bond acceptors (Lipinski definition) is 5. The third kappa shape index (κ3) is 6.15. The first kappa shape index (κ1) is 32.1. The molecule has 10 nitrogen and oxygen atoms in total. The molecule has 3 amide bonds. The van der Waals surface area contributed by atoms with Gasteiger partial charge in [-0.05, 0) is 64.2 Å². The minimum absolute atomic E-state index is 0.110. The van der Waals surface area contributed by atoms with E-state index in [-0.39, 0.29) is 43.0 Å². The smallest absolute Gasteiger partial charge is 0.409 e. The maximum atomic E-state index is 13.6. The van der Waals surface area contributed by atoms with Crippen LogP contribution in [0.15, 0.2) is 120 Å². The van der Waals surface area contributed by atoms with Crippen molar-refractivity contribution >= 4 is 40.4 Å². The van der Waals surface area contributed by atoms with Crippen LogP contribution in [0.2, 0.25) is 5.02 Å². The van der Waals surface area contributed by atoms with Crippen LogP contribution in [-0.2, 0) is 4.74 Å². The Kier molecular flexibility index (Phi) is 8.37. The molecule has 0 spiro atoms. The Morgan fingerprint density at radius 3 is 2.02 bits per heavy atom. The summed E-state index contributed by atoms with van der Waals surface area (Å²) < 4.78 is 5.93. The predicted octanol–water partition coefficient (Wildman–Crippen LogP) is 6.34. The van der Waals surface area contributed by atoms with Gasteiger partial charge in [-0.15, -0.1) is 0 Å². The second-order valence-corrected chi connectivity index (χ2v) is 13.2. The van der Waals surface area contributed by atoms with Crippen molar-refractivity contribution in [2.24, 2.45) is 0 Å². The number of aromatic nitrogens is 2. The van der Waals surface area contributed by atoms with Gasteiger partial charge in [0, 0.05) is 59.0 Å². The number of hydrogen-bond donors (Lipinski definition) is 4. The van der Waals surface area contributed by atoms with Crippen LogP contribution in [0, 0.1) is 0 Å². The van der Waals surface area contributed by atoms with Gasteiger partial charge in [0.2, 0.25) is 0 Å². The van der Waals surface area contributed by atoms with Gasteiger partial charge in [-0.3, -0.25) is 14.4 Å². The summed E-state index contributed by atoms with van der Waals surface area (Å²) in [5.41, 5.74) is 6.87. The Balaban J connectivity index is 0.999. The molecule has 2 aromatic heterocycles. The van der Waals surface area contributed by atoms with E-state index in [4.69, 9.17) is 16.3 Å². The Morgan fingerprint density at radius 1 is 0.745 bits per heavy atom. The Bertz CT molecular complexity index is 2320. The number of fused-ring (bicyclic) bond motifs is 4. The number of ether oxygens (including phenoxy) is 1. The molecule has 3 heterocycles. The van der Waals surface area contributed by atoms with Gasteiger partial charge in [-0.25, -0.2) is 4.79 Å². The lowest BCUT2D eigenvalue weighted by Crippen LogP contribution is -2.51. The summed E-state index contributed by atoms with van der Waals surface area (Å²) >= 11 is 6.23. The normalized spacial score (nSPS) is 16.5. The summed E-state index contributed by atoms with van der Waals surface area (Å²) in [6, 6.07) is 30.3. The molecule has 1 aliphatic carbocycles. The van der Waals surface area contributed by atoms with E-state index >= 15 is 0 Å². The summed E-state index contributed by atoms with van der Waals surface area (Å²) in [4.78, 5) is 60.2. The SMILES string of the molecule is O=C(N[C@H]1CN(C(=O)OCC2c3ccccc3-c3ccccc32)C[C@H]1NC(=O)c1ccc2c(Cl)c[nH]c2c1)c1ccc(-c2ccc[nH]c2=O)cc1. The zero-order chi connectivity index (χ0) is 35.1. The highest BCUT2D eigenvalue weighted by molar-refractivity contribution is 6.35. The molecule has 11 heteroatoms. The van der Waals surface area contributed by atoms with Gasteiger partial charge in [-0.2, -0.15) is 0 Å². The number of nitrogens with one attached hydrogen (secondary N) is 4. The average Bonchev–Trinajstić information content (AvgIpc) is 3.83. The molecule has 1 aliphatic heterocycles. The Hall–Kier alpha value is -6.13. The fourth-order valence-electron chi connectivity index (χ4n) is 7.12. The van der Waals surface area contributed by atoms with Crippen molar-refractivity contribution < 1.29 is 19.1 Å². The number of aromatic amines is 2. The van der Waals surface area contributed by atoms with Gasteiger partial charge >= 0.3 is 6.09 Å². The summed E-state index contributed by atoms with van der Waals surface area (Å²) in [6.45, 7) is 0.391. The highest BCUT2D eigenvalue weighted by Gasteiger charge is 2.39. The number of H-pyrrole nitrogens is 2. The molecule has 0 unspecified atom stereocenters. The molecule has 4 aromatic carbocycles. The maximum absolute atomic E-state index is 13.6. The number of nitrogens with zero attached hydrogens (tertiary/aromatic N) is 1. The molecule has 0 saturated carbocycles. The maximum Gasteiger partial charge on any atom is 0.409 e. The summed E-state index contributed by atoms with van der Waals surface area (Å²) in [7, 11) is 0. The lowest BCUT2D eigenvalue weighted by Gasteiger charge is -2.21. The summed E-state index contributed by atoms with van der Waals surface area (Å²) in [6.07, 6.45) is 2.69. The number of halogens is 1. The fourth-order valence-corrected chi connectivity index (χ4v) is 7.34. The van der Waals surface area contributed by atoms with Crippen LogP contribution in [0.3, 0.4) is 0 Å². The van der Waals surface area contributed by atoms with Gasteiger partial charge in [0.15, 0.2) is 0 Å². The molecule has 51 heavy (non-hydrogen) atoms. The van der Waals surface area contributed by atoms with Crippen LogP contribution in [0.4, 0.5) is 4.79 Å². The van der Waals surface area contributed by atoms with Crippen molar-refractivity contribution in [3.8, 4) is 22.3 Å². The molecule has 2 atom stereocenters. The van der Waals surface area contributed by atoms with Crippen molar-refractivity contribution in [3.63, 3.8) is 0 Å². The second-order valence-electron chi connectivity index (χ2n) is 12.8. The average molecular weight is 698 g/mol. The van der Waals surface area contributed by atoms with Crippen LogP contribution in [0.5, 0.6) is 0 Å². The molecular weight excluding hydrogens is 666 g/mol. The molecule has 1 fully saturated rings. The molecule has 2 aliphatic rings. The van der Waals surface area contributed by atoms with Crippen LogP contribution in [0.25, 0.3) is 33.2 Å². The highest BCUT2D eigenvalue weighted by atomic mass is 35.5. The zero-order valence-corrected chi connectivity index (χ0v) is 27.9. The highest BCUT2D eigenvalue weighted by Crippen LogP contribution is 2.44. The van der Waals surface area contributed by atoms with Crippen LogP contribution < -0.4 is 16.2 Å².